The van der Waals surface area contributed by atoms with Crippen LogP contribution >= 0.6 is 11.6 Å². The number of anilines is 1. The van der Waals surface area contributed by atoms with E-state index >= 15 is 0 Å². The van der Waals surface area contributed by atoms with Gasteiger partial charge in [-0.05, 0) is 30.5 Å². The molecule has 1 atom stereocenters. The molecule has 0 spiro atoms. The summed E-state index contributed by atoms with van der Waals surface area (Å²) in [6, 6.07) is 7.16. The average Bonchev–Trinajstić information content (AvgIpc) is 2.77. The second-order valence-corrected chi connectivity index (χ2v) is 4.84. The second-order valence-electron chi connectivity index (χ2n) is 4.43. The Balaban J connectivity index is 2.14. The van der Waals surface area contributed by atoms with E-state index in [9.17, 15) is 4.79 Å². The van der Waals surface area contributed by atoms with E-state index in [0.717, 1.165) is 25.2 Å². The minimum absolute atomic E-state index is 0.119. The van der Waals surface area contributed by atoms with E-state index in [0.29, 0.717) is 12.3 Å². The van der Waals surface area contributed by atoms with Crippen molar-refractivity contribution in [2.45, 2.75) is 12.8 Å². The Kier molecular flexibility index (Phi) is 3.73. The lowest BCUT2D eigenvalue weighted by atomic mass is 10.1. The minimum atomic E-state index is -1.02. The van der Waals surface area contributed by atoms with Crippen LogP contribution in [-0.4, -0.2) is 24.2 Å². The SMILES string of the molecule is N#CCC1CCN(c2ccc(C(=O)O)c(Cl)c2)C1. The number of hydrogen-bond acceptors (Lipinski definition) is 3. The maximum atomic E-state index is 10.9. The smallest absolute Gasteiger partial charge is 0.337 e. The molecular formula is C13H13ClN2O2. The second kappa shape index (κ2) is 5.28. The van der Waals surface area contributed by atoms with Crippen LogP contribution in [0.5, 0.6) is 0 Å². The van der Waals surface area contributed by atoms with Crippen molar-refractivity contribution in [1.29, 1.82) is 5.26 Å². The van der Waals surface area contributed by atoms with Crippen LogP contribution in [0.25, 0.3) is 0 Å². The van der Waals surface area contributed by atoms with E-state index in [1.54, 1.807) is 12.1 Å². The number of carboxylic acid groups (broad SMARTS) is 1. The van der Waals surface area contributed by atoms with Gasteiger partial charge in [-0.1, -0.05) is 11.6 Å². The summed E-state index contributed by atoms with van der Waals surface area (Å²) in [6.45, 7) is 1.71. The fourth-order valence-electron chi connectivity index (χ4n) is 2.24. The van der Waals surface area contributed by atoms with Gasteiger partial charge in [-0.15, -0.1) is 0 Å². The normalized spacial score (nSPS) is 18.7. The van der Waals surface area contributed by atoms with E-state index in [1.807, 2.05) is 0 Å². The summed E-state index contributed by atoms with van der Waals surface area (Å²) >= 11 is 5.94. The summed E-state index contributed by atoms with van der Waals surface area (Å²) in [6.07, 6.45) is 1.56. The Labute approximate surface area is 110 Å². The molecule has 0 bridgehead atoms. The molecule has 1 heterocycles. The van der Waals surface area contributed by atoms with Gasteiger partial charge in [0.25, 0.3) is 0 Å². The van der Waals surface area contributed by atoms with Crippen LogP contribution in [0.3, 0.4) is 0 Å². The number of nitriles is 1. The van der Waals surface area contributed by atoms with Crippen molar-refractivity contribution in [3.05, 3.63) is 28.8 Å². The summed E-state index contributed by atoms with van der Waals surface area (Å²) in [5, 5.41) is 17.8. The van der Waals surface area contributed by atoms with Gasteiger partial charge in [-0.25, -0.2) is 4.79 Å². The fourth-order valence-corrected chi connectivity index (χ4v) is 2.49. The standard InChI is InChI=1S/C13H13ClN2O2/c14-12-7-10(1-2-11(12)13(17)18)16-6-4-9(8-16)3-5-15/h1-2,7,9H,3-4,6,8H2,(H,17,18). The molecule has 0 saturated carbocycles. The first-order valence-electron chi connectivity index (χ1n) is 5.76. The molecule has 1 aromatic rings. The monoisotopic (exact) mass is 264 g/mol. The Hall–Kier alpha value is -1.73. The predicted octanol–water partition coefficient (Wildman–Crippen LogP) is 2.78. The van der Waals surface area contributed by atoms with E-state index in [-0.39, 0.29) is 10.6 Å². The molecule has 1 N–H and O–H groups in total. The molecule has 5 heteroatoms. The highest BCUT2D eigenvalue weighted by Crippen LogP contribution is 2.29. The highest BCUT2D eigenvalue weighted by Gasteiger charge is 2.23. The van der Waals surface area contributed by atoms with Crippen molar-refractivity contribution in [3.63, 3.8) is 0 Å². The molecule has 18 heavy (non-hydrogen) atoms. The van der Waals surface area contributed by atoms with Gasteiger partial charge in [-0.3, -0.25) is 0 Å². The van der Waals surface area contributed by atoms with E-state index < -0.39 is 5.97 Å². The molecule has 0 aromatic heterocycles. The Morgan fingerprint density at radius 3 is 3.00 bits per heavy atom. The number of aromatic carboxylic acids is 1. The zero-order chi connectivity index (χ0) is 13.1. The van der Waals surface area contributed by atoms with Gasteiger partial charge < -0.3 is 10.0 Å². The lowest BCUT2D eigenvalue weighted by Gasteiger charge is -2.19. The van der Waals surface area contributed by atoms with Gasteiger partial charge in [0.15, 0.2) is 0 Å². The van der Waals surface area contributed by atoms with Crippen molar-refractivity contribution >= 4 is 23.3 Å². The molecule has 4 nitrogen and oxygen atoms in total. The number of rotatable bonds is 3. The molecule has 0 aliphatic carbocycles. The van der Waals surface area contributed by atoms with Crippen LogP contribution in [0.4, 0.5) is 5.69 Å². The molecule has 2 rings (SSSR count). The van der Waals surface area contributed by atoms with Gasteiger partial charge >= 0.3 is 5.97 Å². The number of carboxylic acids is 1. The molecule has 1 unspecified atom stereocenters. The van der Waals surface area contributed by atoms with Crippen LogP contribution in [0.2, 0.25) is 5.02 Å². The maximum absolute atomic E-state index is 10.9. The Bertz CT molecular complexity index is 510. The lowest BCUT2D eigenvalue weighted by Crippen LogP contribution is -2.19. The van der Waals surface area contributed by atoms with Crippen LogP contribution in [0.15, 0.2) is 18.2 Å². The Morgan fingerprint density at radius 2 is 2.39 bits per heavy atom. The van der Waals surface area contributed by atoms with Gasteiger partial charge in [0.1, 0.15) is 0 Å². The number of hydrogen-bond donors (Lipinski definition) is 1. The van der Waals surface area contributed by atoms with Crippen LogP contribution in [-0.2, 0) is 0 Å². The van der Waals surface area contributed by atoms with Gasteiger partial charge in [0.2, 0.25) is 0 Å². The van der Waals surface area contributed by atoms with Crippen molar-refractivity contribution in [1.82, 2.24) is 0 Å². The molecule has 94 valence electrons. The fraction of sp³-hybridized carbons (Fsp3) is 0.385. The summed E-state index contributed by atoms with van der Waals surface area (Å²) in [7, 11) is 0. The van der Waals surface area contributed by atoms with Gasteiger partial charge in [0, 0.05) is 25.2 Å². The third-order valence-corrected chi connectivity index (χ3v) is 3.53. The lowest BCUT2D eigenvalue weighted by molar-refractivity contribution is 0.0697. The van der Waals surface area contributed by atoms with E-state index in [2.05, 4.69) is 11.0 Å². The number of carbonyl (C=O) groups is 1. The molecule has 1 aliphatic heterocycles. The number of halogens is 1. The highest BCUT2D eigenvalue weighted by molar-refractivity contribution is 6.33. The third kappa shape index (κ3) is 2.57. The topological polar surface area (TPSA) is 64.3 Å². The minimum Gasteiger partial charge on any atom is -0.478 e. The quantitative estimate of drug-likeness (QED) is 0.912. The van der Waals surface area contributed by atoms with Crippen molar-refractivity contribution < 1.29 is 9.90 Å². The average molecular weight is 265 g/mol. The zero-order valence-electron chi connectivity index (χ0n) is 9.77. The Morgan fingerprint density at radius 1 is 1.61 bits per heavy atom. The molecule has 1 aliphatic rings. The van der Waals surface area contributed by atoms with Crippen LogP contribution < -0.4 is 4.90 Å². The molecule has 1 saturated heterocycles. The van der Waals surface area contributed by atoms with E-state index in [1.165, 1.54) is 6.07 Å². The molecule has 1 fully saturated rings. The molecule has 0 radical (unpaired) electrons. The van der Waals surface area contributed by atoms with E-state index in [4.69, 9.17) is 22.0 Å². The van der Waals surface area contributed by atoms with Crippen molar-refractivity contribution in [2.24, 2.45) is 5.92 Å². The summed E-state index contributed by atoms with van der Waals surface area (Å²) in [5.41, 5.74) is 1.04. The highest BCUT2D eigenvalue weighted by atomic mass is 35.5. The van der Waals surface area contributed by atoms with Crippen molar-refractivity contribution in [2.75, 3.05) is 18.0 Å². The molecule has 0 amide bonds. The summed E-state index contributed by atoms with van der Waals surface area (Å²) < 4.78 is 0. The predicted molar refractivity (Wildman–Crippen MR) is 69.0 cm³/mol. The summed E-state index contributed by atoms with van der Waals surface area (Å²) in [5.74, 6) is -0.622. The third-order valence-electron chi connectivity index (χ3n) is 3.21. The maximum Gasteiger partial charge on any atom is 0.337 e. The summed E-state index contributed by atoms with van der Waals surface area (Å²) in [4.78, 5) is 13.0. The van der Waals surface area contributed by atoms with Crippen LogP contribution in [0, 0.1) is 17.2 Å². The first-order valence-corrected chi connectivity index (χ1v) is 6.14. The number of nitrogens with zero attached hydrogens (tertiary/aromatic N) is 2. The first-order chi connectivity index (χ1) is 8.61. The van der Waals surface area contributed by atoms with Gasteiger partial charge in [-0.2, -0.15) is 5.26 Å². The largest absolute Gasteiger partial charge is 0.478 e. The number of benzene rings is 1. The van der Waals surface area contributed by atoms with Gasteiger partial charge in [0.05, 0.1) is 16.7 Å². The molecular weight excluding hydrogens is 252 g/mol. The first kappa shape index (κ1) is 12.7. The van der Waals surface area contributed by atoms with Crippen LogP contribution in [0.1, 0.15) is 23.2 Å². The molecule has 1 aromatic carbocycles. The zero-order valence-corrected chi connectivity index (χ0v) is 10.5. The van der Waals surface area contributed by atoms with Crippen molar-refractivity contribution in [3.8, 4) is 6.07 Å².